The molecule has 3 heteroatoms. The summed E-state index contributed by atoms with van der Waals surface area (Å²) in [6.07, 6.45) is 2.51. The Hall–Kier alpha value is -1.35. The minimum Gasteiger partial charge on any atom is -0.466 e. The van der Waals surface area contributed by atoms with Crippen LogP contribution < -0.4 is 0 Å². The third-order valence-corrected chi connectivity index (χ3v) is 4.44. The van der Waals surface area contributed by atoms with Crippen LogP contribution in [0.15, 0.2) is 24.3 Å². The van der Waals surface area contributed by atoms with Crippen LogP contribution >= 0.6 is 0 Å². The highest BCUT2D eigenvalue weighted by atomic mass is 16.5. The second-order valence-electron chi connectivity index (χ2n) is 5.34. The summed E-state index contributed by atoms with van der Waals surface area (Å²) in [4.78, 5) is 14.5. The van der Waals surface area contributed by atoms with Gasteiger partial charge in [-0.1, -0.05) is 38.1 Å². The van der Waals surface area contributed by atoms with Crippen molar-refractivity contribution in [3.05, 3.63) is 35.4 Å². The molecule has 1 aromatic rings. The number of fused-ring (bicyclic) bond motifs is 1. The van der Waals surface area contributed by atoms with Crippen LogP contribution in [-0.4, -0.2) is 30.6 Å². The molecule has 0 fully saturated rings. The summed E-state index contributed by atoms with van der Waals surface area (Å²) in [7, 11) is 0. The fraction of sp³-hybridized carbons (Fsp3) is 0.588. The lowest BCUT2D eigenvalue weighted by molar-refractivity contribution is -0.147. The summed E-state index contributed by atoms with van der Waals surface area (Å²) in [6.45, 7) is 8.54. The summed E-state index contributed by atoms with van der Waals surface area (Å²) >= 11 is 0. The SMILES string of the molecule is CCOC(=O)CC1(N(CC)CC)CCc2ccccc21. The zero-order valence-corrected chi connectivity index (χ0v) is 12.8. The molecule has 1 aromatic carbocycles. The second kappa shape index (κ2) is 6.40. The molecular weight excluding hydrogens is 250 g/mol. The Bertz CT molecular complexity index is 468. The molecule has 1 unspecified atom stereocenters. The highest BCUT2D eigenvalue weighted by Crippen LogP contribution is 2.44. The quantitative estimate of drug-likeness (QED) is 0.747. The average molecular weight is 275 g/mol. The van der Waals surface area contributed by atoms with Gasteiger partial charge in [0.1, 0.15) is 0 Å². The number of carbonyl (C=O) groups excluding carboxylic acids is 1. The van der Waals surface area contributed by atoms with Gasteiger partial charge in [-0.3, -0.25) is 9.69 Å². The molecule has 0 spiro atoms. The van der Waals surface area contributed by atoms with Crippen molar-refractivity contribution in [2.45, 2.75) is 45.6 Å². The molecule has 110 valence electrons. The first-order valence-corrected chi connectivity index (χ1v) is 7.67. The Labute approximate surface area is 121 Å². The molecule has 2 rings (SSSR count). The number of hydrogen-bond donors (Lipinski definition) is 0. The lowest BCUT2D eigenvalue weighted by Crippen LogP contribution is -2.46. The zero-order chi connectivity index (χ0) is 14.6. The van der Waals surface area contributed by atoms with Crippen LogP contribution in [0.2, 0.25) is 0 Å². The van der Waals surface area contributed by atoms with Gasteiger partial charge in [0.15, 0.2) is 0 Å². The lowest BCUT2D eigenvalue weighted by atomic mass is 9.86. The molecule has 0 amide bonds. The zero-order valence-electron chi connectivity index (χ0n) is 12.8. The van der Waals surface area contributed by atoms with Crippen LogP contribution in [0.1, 0.15) is 44.7 Å². The van der Waals surface area contributed by atoms with Crippen LogP contribution in [0.5, 0.6) is 0 Å². The smallest absolute Gasteiger partial charge is 0.308 e. The fourth-order valence-corrected chi connectivity index (χ4v) is 3.57. The molecule has 0 heterocycles. The minimum atomic E-state index is -0.174. The summed E-state index contributed by atoms with van der Waals surface area (Å²) < 4.78 is 5.22. The van der Waals surface area contributed by atoms with Gasteiger partial charge in [-0.05, 0) is 44.0 Å². The fourth-order valence-electron chi connectivity index (χ4n) is 3.57. The molecule has 1 aliphatic rings. The van der Waals surface area contributed by atoms with E-state index in [1.807, 2.05) is 6.92 Å². The summed E-state index contributed by atoms with van der Waals surface area (Å²) in [5.74, 6) is -0.0869. The molecule has 0 aliphatic heterocycles. The van der Waals surface area contributed by atoms with Crippen LogP contribution in [0, 0.1) is 0 Å². The molecular formula is C17H25NO2. The van der Waals surface area contributed by atoms with Crippen LogP contribution in [0.4, 0.5) is 0 Å². The number of nitrogens with zero attached hydrogens (tertiary/aromatic N) is 1. The van der Waals surface area contributed by atoms with E-state index in [2.05, 4.69) is 43.0 Å². The Morgan fingerprint density at radius 3 is 2.60 bits per heavy atom. The van der Waals surface area contributed by atoms with E-state index in [9.17, 15) is 4.79 Å². The number of rotatable bonds is 6. The predicted octanol–water partition coefficient (Wildman–Crippen LogP) is 3.12. The first-order valence-electron chi connectivity index (χ1n) is 7.67. The van der Waals surface area contributed by atoms with Gasteiger partial charge in [0, 0.05) is 0 Å². The minimum absolute atomic E-state index is 0.0869. The number of ether oxygens (including phenoxy) is 1. The van der Waals surface area contributed by atoms with E-state index in [0.29, 0.717) is 13.0 Å². The van der Waals surface area contributed by atoms with E-state index in [-0.39, 0.29) is 11.5 Å². The third kappa shape index (κ3) is 2.59. The summed E-state index contributed by atoms with van der Waals surface area (Å²) in [5, 5.41) is 0. The molecule has 0 saturated carbocycles. The Morgan fingerprint density at radius 1 is 1.25 bits per heavy atom. The van der Waals surface area contributed by atoms with Crippen LogP contribution in [-0.2, 0) is 21.5 Å². The van der Waals surface area contributed by atoms with Gasteiger partial charge >= 0.3 is 5.97 Å². The Morgan fingerprint density at radius 2 is 1.95 bits per heavy atom. The second-order valence-corrected chi connectivity index (χ2v) is 5.34. The number of esters is 1. The van der Waals surface area contributed by atoms with Gasteiger partial charge in [-0.15, -0.1) is 0 Å². The predicted molar refractivity (Wildman–Crippen MR) is 80.6 cm³/mol. The maximum Gasteiger partial charge on any atom is 0.308 e. The van der Waals surface area contributed by atoms with Crippen molar-refractivity contribution < 1.29 is 9.53 Å². The molecule has 3 nitrogen and oxygen atoms in total. The van der Waals surface area contributed by atoms with Gasteiger partial charge in [-0.2, -0.15) is 0 Å². The first-order chi connectivity index (χ1) is 9.67. The maximum absolute atomic E-state index is 12.1. The normalized spacial score (nSPS) is 21.0. The van der Waals surface area contributed by atoms with Crippen molar-refractivity contribution in [1.29, 1.82) is 0 Å². The number of benzene rings is 1. The van der Waals surface area contributed by atoms with E-state index in [1.54, 1.807) is 0 Å². The van der Waals surface area contributed by atoms with Crippen molar-refractivity contribution in [2.75, 3.05) is 19.7 Å². The number of aryl methyl sites for hydroxylation is 1. The van der Waals surface area contributed by atoms with Crippen molar-refractivity contribution >= 4 is 5.97 Å². The number of hydrogen-bond acceptors (Lipinski definition) is 3. The Kier molecular flexibility index (Phi) is 4.81. The molecule has 1 atom stereocenters. The highest BCUT2D eigenvalue weighted by Gasteiger charge is 2.44. The molecule has 0 radical (unpaired) electrons. The van der Waals surface area contributed by atoms with Gasteiger partial charge in [0.2, 0.25) is 0 Å². The molecule has 0 N–H and O–H groups in total. The first kappa shape index (κ1) is 15.0. The highest BCUT2D eigenvalue weighted by molar-refractivity contribution is 5.72. The molecule has 0 aromatic heterocycles. The van der Waals surface area contributed by atoms with Gasteiger partial charge in [0.05, 0.1) is 18.6 Å². The van der Waals surface area contributed by atoms with E-state index in [1.165, 1.54) is 11.1 Å². The van der Waals surface area contributed by atoms with Gasteiger partial charge in [-0.25, -0.2) is 0 Å². The van der Waals surface area contributed by atoms with E-state index in [0.717, 1.165) is 25.9 Å². The standard InChI is InChI=1S/C17H25NO2/c1-4-18(5-2)17(13-16(19)20-6-3)12-11-14-9-7-8-10-15(14)17/h7-10H,4-6,11-13H2,1-3H3. The van der Waals surface area contributed by atoms with Crippen LogP contribution in [0.25, 0.3) is 0 Å². The monoisotopic (exact) mass is 275 g/mol. The van der Waals surface area contributed by atoms with Gasteiger partial charge < -0.3 is 4.74 Å². The van der Waals surface area contributed by atoms with Gasteiger partial charge in [0.25, 0.3) is 0 Å². The topological polar surface area (TPSA) is 29.5 Å². The molecule has 20 heavy (non-hydrogen) atoms. The van der Waals surface area contributed by atoms with Crippen molar-refractivity contribution in [1.82, 2.24) is 4.90 Å². The maximum atomic E-state index is 12.1. The molecule has 0 saturated heterocycles. The third-order valence-electron chi connectivity index (χ3n) is 4.44. The largest absolute Gasteiger partial charge is 0.466 e. The Balaban J connectivity index is 2.38. The molecule has 0 bridgehead atoms. The van der Waals surface area contributed by atoms with Crippen molar-refractivity contribution in [2.24, 2.45) is 0 Å². The van der Waals surface area contributed by atoms with E-state index in [4.69, 9.17) is 4.74 Å². The number of carbonyl (C=O) groups is 1. The van der Waals surface area contributed by atoms with Crippen LogP contribution in [0.3, 0.4) is 0 Å². The van der Waals surface area contributed by atoms with Crippen molar-refractivity contribution in [3.8, 4) is 0 Å². The van der Waals surface area contributed by atoms with E-state index >= 15 is 0 Å². The van der Waals surface area contributed by atoms with E-state index < -0.39 is 0 Å². The van der Waals surface area contributed by atoms with Crippen molar-refractivity contribution in [3.63, 3.8) is 0 Å². The summed E-state index contributed by atoms with van der Waals surface area (Å²) in [6, 6.07) is 8.53. The molecule has 1 aliphatic carbocycles. The average Bonchev–Trinajstić information content (AvgIpc) is 2.81. The summed E-state index contributed by atoms with van der Waals surface area (Å²) in [5.41, 5.74) is 2.52. The lowest BCUT2D eigenvalue weighted by Gasteiger charge is -2.40.